The summed E-state index contributed by atoms with van der Waals surface area (Å²) in [4.78, 5) is 14.2. The molecular weight excluding hydrogens is 361 g/mol. The fourth-order valence-electron chi connectivity index (χ4n) is 1.99. The first-order chi connectivity index (χ1) is 9.17. The van der Waals surface area contributed by atoms with Crippen LogP contribution in [0.25, 0.3) is 0 Å². The Kier molecular flexibility index (Phi) is 4.87. The summed E-state index contributed by atoms with van der Waals surface area (Å²) < 4.78 is 16.6. The summed E-state index contributed by atoms with van der Waals surface area (Å²) in [5.74, 6) is 1.23. The minimum atomic E-state index is 0.00201. The Bertz CT molecular complexity index is 472. The van der Waals surface area contributed by atoms with Crippen molar-refractivity contribution in [1.29, 1.82) is 0 Å². The second-order valence-electron chi connectivity index (χ2n) is 4.10. The van der Waals surface area contributed by atoms with E-state index in [1.807, 2.05) is 6.07 Å². The first kappa shape index (κ1) is 14.4. The predicted octanol–water partition coefficient (Wildman–Crippen LogP) is 1.78. The number of carbonyl (C=O) groups excluding carboxylic acids is 1. The molecule has 0 N–H and O–H groups in total. The van der Waals surface area contributed by atoms with E-state index in [0.29, 0.717) is 43.4 Å². The number of rotatable bonds is 3. The summed E-state index contributed by atoms with van der Waals surface area (Å²) in [5.41, 5.74) is 0.615. The molecule has 19 heavy (non-hydrogen) atoms. The van der Waals surface area contributed by atoms with Gasteiger partial charge in [0.15, 0.2) is 11.5 Å². The molecule has 1 aromatic carbocycles. The molecule has 1 aromatic rings. The number of methoxy groups -OCH3 is 2. The normalized spacial score (nSPS) is 15.2. The van der Waals surface area contributed by atoms with Gasteiger partial charge in [0.05, 0.1) is 31.0 Å². The van der Waals surface area contributed by atoms with E-state index in [0.717, 1.165) is 3.57 Å². The molecule has 5 nitrogen and oxygen atoms in total. The Balaban J connectivity index is 2.29. The van der Waals surface area contributed by atoms with Crippen molar-refractivity contribution in [2.75, 3.05) is 40.5 Å². The van der Waals surface area contributed by atoms with Crippen molar-refractivity contribution >= 4 is 28.5 Å². The second-order valence-corrected chi connectivity index (χ2v) is 5.26. The van der Waals surface area contributed by atoms with Crippen molar-refractivity contribution in [3.63, 3.8) is 0 Å². The van der Waals surface area contributed by atoms with E-state index in [1.165, 1.54) is 0 Å². The molecule has 104 valence electrons. The summed E-state index contributed by atoms with van der Waals surface area (Å²) >= 11 is 2.14. The lowest BCUT2D eigenvalue weighted by atomic mass is 10.1. The number of morpholine rings is 1. The highest BCUT2D eigenvalue weighted by Crippen LogP contribution is 2.33. The third-order valence-corrected chi connectivity index (χ3v) is 3.78. The highest BCUT2D eigenvalue weighted by Gasteiger charge is 2.21. The Morgan fingerprint density at radius 2 is 1.95 bits per heavy atom. The molecule has 0 unspecified atom stereocenters. The van der Waals surface area contributed by atoms with Gasteiger partial charge in [0, 0.05) is 18.7 Å². The van der Waals surface area contributed by atoms with Gasteiger partial charge < -0.3 is 19.1 Å². The predicted molar refractivity (Wildman–Crippen MR) is 79.0 cm³/mol. The number of halogens is 1. The molecule has 0 radical (unpaired) electrons. The Morgan fingerprint density at radius 3 is 2.53 bits per heavy atom. The standard InChI is InChI=1S/C13H16INO4/c1-17-11-8-9(7-10(14)12(11)18-2)13(16)15-3-5-19-6-4-15/h7-8H,3-6H2,1-2H3. The smallest absolute Gasteiger partial charge is 0.254 e. The molecule has 1 saturated heterocycles. The van der Waals surface area contributed by atoms with Crippen LogP contribution < -0.4 is 9.47 Å². The van der Waals surface area contributed by atoms with Gasteiger partial charge in [0.2, 0.25) is 0 Å². The largest absolute Gasteiger partial charge is 0.493 e. The number of amides is 1. The topological polar surface area (TPSA) is 48.0 Å². The van der Waals surface area contributed by atoms with Gasteiger partial charge in [-0.25, -0.2) is 0 Å². The van der Waals surface area contributed by atoms with E-state index in [2.05, 4.69) is 22.6 Å². The van der Waals surface area contributed by atoms with Crippen molar-refractivity contribution in [1.82, 2.24) is 4.90 Å². The quantitative estimate of drug-likeness (QED) is 0.754. The molecule has 6 heteroatoms. The highest BCUT2D eigenvalue weighted by molar-refractivity contribution is 14.1. The number of hydrogen-bond acceptors (Lipinski definition) is 4. The van der Waals surface area contributed by atoms with Crippen LogP contribution in [-0.2, 0) is 4.74 Å². The van der Waals surface area contributed by atoms with Crippen molar-refractivity contribution in [3.8, 4) is 11.5 Å². The van der Waals surface area contributed by atoms with Crippen LogP contribution in [0.3, 0.4) is 0 Å². The van der Waals surface area contributed by atoms with Crippen LogP contribution in [0, 0.1) is 3.57 Å². The third kappa shape index (κ3) is 3.11. The molecule has 2 rings (SSSR count). The molecule has 1 aliphatic heterocycles. The zero-order valence-electron chi connectivity index (χ0n) is 10.9. The molecule has 1 amide bonds. The first-order valence-corrected chi connectivity index (χ1v) is 7.03. The molecule has 1 fully saturated rings. The molecule has 1 aliphatic rings. The Morgan fingerprint density at radius 1 is 1.26 bits per heavy atom. The SMILES string of the molecule is COc1cc(C(=O)N2CCOCC2)cc(I)c1OC. The minimum Gasteiger partial charge on any atom is -0.493 e. The van der Waals surface area contributed by atoms with Gasteiger partial charge in [-0.3, -0.25) is 4.79 Å². The van der Waals surface area contributed by atoms with E-state index in [-0.39, 0.29) is 5.91 Å². The molecule has 0 atom stereocenters. The van der Waals surface area contributed by atoms with Crippen molar-refractivity contribution < 1.29 is 19.0 Å². The molecule has 0 bridgehead atoms. The van der Waals surface area contributed by atoms with Crippen LogP contribution >= 0.6 is 22.6 Å². The van der Waals surface area contributed by atoms with Crippen LogP contribution in [-0.4, -0.2) is 51.3 Å². The average Bonchev–Trinajstić information content (AvgIpc) is 2.46. The van der Waals surface area contributed by atoms with Gasteiger partial charge in [-0.2, -0.15) is 0 Å². The summed E-state index contributed by atoms with van der Waals surface area (Å²) in [6.45, 7) is 2.44. The molecule has 1 heterocycles. The summed E-state index contributed by atoms with van der Waals surface area (Å²) in [5, 5.41) is 0. The lowest BCUT2D eigenvalue weighted by molar-refractivity contribution is 0.0302. The third-order valence-electron chi connectivity index (χ3n) is 2.98. The van der Waals surface area contributed by atoms with Crippen LogP contribution in [0.2, 0.25) is 0 Å². The minimum absolute atomic E-state index is 0.00201. The first-order valence-electron chi connectivity index (χ1n) is 5.96. The maximum absolute atomic E-state index is 12.4. The van der Waals surface area contributed by atoms with Gasteiger partial charge in [0.25, 0.3) is 5.91 Å². The number of hydrogen-bond donors (Lipinski definition) is 0. The van der Waals surface area contributed by atoms with E-state index in [4.69, 9.17) is 14.2 Å². The highest BCUT2D eigenvalue weighted by atomic mass is 127. The molecular formula is C13H16INO4. The van der Waals surface area contributed by atoms with Crippen LogP contribution in [0.15, 0.2) is 12.1 Å². The van der Waals surface area contributed by atoms with Crippen molar-refractivity contribution in [2.24, 2.45) is 0 Å². The summed E-state index contributed by atoms with van der Waals surface area (Å²) in [7, 11) is 3.15. The van der Waals surface area contributed by atoms with Gasteiger partial charge in [-0.15, -0.1) is 0 Å². The van der Waals surface area contributed by atoms with Crippen LogP contribution in [0.4, 0.5) is 0 Å². The molecule has 0 saturated carbocycles. The maximum atomic E-state index is 12.4. The lowest BCUT2D eigenvalue weighted by Crippen LogP contribution is -2.40. The number of nitrogens with zero attached hydrogens (tertiary/aromatic N) is 1. The second kappa shape index (κ2) is 6.42. The summed E-state index contributed by atoms with van der Waals surface area (Å²) in [6, 6.07) is 3.54. The lowest BCUT2D eigenvalue weighted by Gasteiger charge is -2.27. The number of ether oxygens (including phenoxy) is 3. The van der Waals surface area contributed by atoms with E-state index >= 15 is 0 Å². The van der Waals surface area contributed by atoms with Gasteiger partial charge >= 0.3 is 0 Å². The fraction of sp³-hybridized carbons (Fsp3) is 0.462. The molecule has 0 aliphatic carbocycles. The van der Waals surface area contributed by atoms with E-state index in [1.54, 1.807) is 25.2 Å². The number of benzene rings is 1. The van der Waals surface area contributed by atoms with E-state index < -0.39 is 0 Å². The van der Waals surface area contributed by atoms with E-state index in [9.17, 15) is 4.79 Å². The number of carbonyl (C=O) groups is 1. The average molecular weight is 377 g/mol. The Labute approximate surface area is 126 Å². The maximum Gasteiger partial charge on any atom is 0.254 e. The van der Waals surface area contributed by atoms with Crippen LogP contribution in [0.5, 0.6) is 11.5 Å². The summed E-state index contributed by atoms with van der Waals surface area (Å²) in [6.07, 6.45) is 0. The van der Waals surface area contributed by atoms with Crippen molar-refractivity contribution in [3.05, 3.63) is 21.3 Å². The Hall–Kier alpha value is -1.02. The van der Waals surface area contributed by atoms with Gasteiger partial charge in [-0.05, 0) is 34.7 Å². The van der Waals surface area contributed by atoms with Gasteiger partial charge in [-0.1, -0.05) is 0 Å². The van der Waals surface area contributed by atoms with Crippen molar-refractivity contribution in [2.45, 2.75) is 0 Å². The fourth-order valence-corrected chi connectivity index (χ4v) is 2.81. The van der Waals surface area contributed by atoms with Gasteiger partial charge in [0.1, 0.15) is 0 Å². The molecule has 0 spiro atoms. The van der Waals surface area contributed by atoms with Crippen LogP contribution in [0.1, 0.15) is 10.4 Å². The zero-order valence-corrected chi connectivity index (χ0v) is 13.1. The monoisotopic (exact) mass is 377 g/mol. The zero-order chi connectivity index (χ0) is 13.8. The molecule has 0 aromatic heterocycles.